The molecule has 0 aliphatic carbocycles. The van der Waals surface area contributed by atoms with Gasteiger partial charge in [-0.1, -0.05) is 6.92 Å². The van der Waals surface area contributed by atoms with E-state index >= 15 is 0 Å². The van der Waals surface area contributed by atoms with Gasteiger partial charge in [0, 0.05) is 13.0 Å². The Bertz CT molecular complexity index is 366. The molecule has 86 valence electrons. The highest BCUT2D eigenvalue weighted by Gasteiger charge is 2.27. The van der Waals surface area contributed by atoms with Crippen LogP contribution in [0.3, 0.4) is 0 Å². The summed E-state index contributed by atoms with van der Waals surface area (Å²) in [6.45, 7) is 2.53. The van der Waals surface area contributed by atoms with Gasteiger partial charge in [0.2, 0.25) is 0 Å². The molecule has 1 aromatic heterocycles. The SMILES string of the molecule is CCCn1c(CCC(F)(F)F)n[nH]c1=S. The van der Waals surface area contributed by atoms with Crippen molar-refractivity contribution in [1.29, 1.82) is 0 Å². The van der Waals surface area contributed by atoms with Crippen molar-refractivity contribution < 1.29 is 13.2 Å². The standard InChI is InChI=1S/C8H12F3N3S/c1-2-5-14-6(12-13-7(14)15)3-4-8(9,10)11/h2-5H2,1H3,(H,13,15). The van der Waals surface area contributed by atoms with Crippen molar-refractivity contribution in [2.24, 2.45) is 0 Å². The van der Waals surface area contributed by atoms with Crippen LogP contribution in [0.4, 0.5) is 13.2 Å². The van der Waals surface area contributed by atoms with Gasteiger partial charge in [-0.25, -0.2) is 0 Å². The number of hydrogen-bond acceptors (Lipinski definition) is 2. The lowest BCUT2D eigenvalue weighted by Gasteiger charge is -2.07. The van der Waals surface area contributed by atoms with Gasteiger partial charge in [0.25, 0.3) is 0 Å². The van der Waals surface area contributed by atoms with Crippen LogP contribution in [0.25, 0.3) is 0 Å². The highest BCUT2D eigenvalue weighted by molar-refractivity contribution is 7.71. The Kier molecular flexibility index (Phi) is 3.90. The van der Waals surface area contributed by atoms with E-state index in [0.29, 0.717) is 17.1 Å². The normalized spacial score (nSPS) is 12.0. The molecule has 0 saturated heterocycles. The quantitative estimate of drug-likeness (QED) is 0.820. The molecule has 0 aliphatic rings. The molecule has 0 radical (unpaired) electrons. The molecule has 0 atom stereocenters. The van der Waals surface area contributed by atoms with E-state index in [1.807, 2.05) is 6.92 Å². The van der Waals surface area contributed by atoms with Crippen molar-refractivity contribution in [3.8, 4) is 0 Å². The molecular formula is C8H12F3N3S. The van der Waals surface area contributed by atoms with Crippen LogP contribution >= 0.6 is 12.2 Å². The van der Waals surface area contributed by atoms with Crippen molar-refractivity contribution in [1.82, 2.24) is 14.8 Å². The Morgan fingerprint density at radius 1 is 1.47 bits per heavy atom. The fraction of sp³-hybridized carbons (Fsp3) is 0.750. The molecule has 1 heterocycles. The van der Waals surface area contributed by atoms with Gasteiger partial charge in [-0.2, -0.15) is 18.3 Å². The van der Waals surface area contributed by atoms with Crippen LogP contribution < -0.4 is 0 Å². The summed E-state index contributed by atoms with van der Waals surface area (Å²) in [6, 6.07) is 0. The van der Waals surface area contributed by atoms with E-state index in [-0.39, 0.29) is 6.42 Å². The molecule has 0 aliphatic heterocycles. The minimum absolute atomic E-state index is 0.128. The number of aromatic nitrogens is 3. The van der Waals surface area contributed by atoms with Crippen molar-refractivity contribution in [3.05, 3.63) is 10.6 Å². The summed E-state index contributed by atoms with van der Waals surface area (Å²) in [7, 11) is 0. The van der Waals surface area contributed by atoms with E-state index in [0.717, 1.165) is 6.42 Å². The van der Waals surface area contributed by atoms with E-state index in [9.17, 15) is 13.2 Å². The number of nitrogens with zero attached hydrogens (tertiary/aromatic N) is 2. The Balaban J connectivity index is 2.73. The molecule has 0 spiro atoms. The van der Waals surface area contributed by atoms with Crippen molar-refractivity contribution in [2.45, 2.75) is 38.9 Å². The largest absolute Gasteiger partial charge is 0.389 e. The topological polar surface area (TPSA) is 33.6 Å². The lowest BCUT2D eigenvalue weighted by molar-refractivity contribution is -0.134. The molecule has 15 heavy (non-hydrogen) atoms. The van der Waals surface area contributed by atoms with Gasteiger partial charge >= 0.3 is 6.18 Å². The molecule has 0 aromatic carbocycles. The van der Waals surface area contributed by atoms with Crippen molar-refractivity contribution in [3.63, 3.8) is 0 Å². The minimum atomic E-state index is -4.15. The van der Waals surface area contributed by atoms with Gasteiger partial charge in [0.15, 0.2) is 4.77 Å². The van der Waals surface area contributed by atoms with E-state index in [2.05, 4.69) is 10.2 Å². The number of aryl methyl sites for hydroxylation is 1. The molecule has 0 saturated carbocycles. The Morgan fingerprint density at radius 2 is 2.13 bits per heavy atom. The highest BCUT2D eigenvalue weighted by atomic mass is 32.1. The lowest BCUT2D eigenvalue weighted by Crippen LogP contribution is -2.12. The fourth-order valence-corrected chi connectivity index (χ4v) is 1.49. The smallest absolute Gasteiger partial charge is 0.304 e. The third kappa shape index (κ3) is 3.65. The maximum Gasteiger partial charge on any atom is 0.389 e. The van der Waals surface area contributed by atoms with Gasteiger partial charge in [-0.05, 0) is 18.6 Å². The van der Waals surface area contributed by atoms with E-state index in [1.165, 1.54) is 0 Å². The predicted octanol–water partition coefficient (Wildman–Crippen LogP) is 2.85. The van der Waals surface area contributed by atoms with Crippen LogP contribution in [0.2, 0.25) is 0 Å². The summed E-state index contributed by atoms with van der Waals surface area (Å²) in [5.74, 6) is 0.374. The minimum Gasteiger partial charge on any atom is -0.304 e. The zero-order valence-corrected chi connectivity index (χ0v) is 9.08. The molecule has 0 fully saturated rings. The summed E-state index contributed by atoms with van der Waals surface area (Å²) in [6.07, 6.45) is -4.33. The lowest BCUT2D eigenvalue weighted by atomic mass is 10.3. The monoisotopic (exact) mass is 239 g/mol. The molecule has 1 N–H and O–H groups in total. The fourth-order valence-electron chi connectivity index (χ4n) is 1.25. The first-order valence-corrected chi connectivity index (χ1v) is 5.05. The van der Waals surface area contributed by atoms with Crippen LogP contribution in [0, 0.1) is 4.77 Å². The molecule has 7 heteroatoms. The number of nitrogens with one attached hydrogen (secondary N) is 1. The number of H-pyrrole nitrogens is 1. The highest BCUT2D eigenvalue weighted by Crippen LogP contribution is 2.21. The van der Waals surface area contributed by atoms with Crippen LogP contribution in [0.5, 0.6) is 0 Å². The summed E-state index contributed by atoms with van der Waals surface area (Å²) in [5, 5.41) is 6.29. The molecule has 1 rings (SSSR count). The van der Waals surface area contributed by atoms with Gasteiger partial charge in [-0.3, -0.25) is 5.10 Å². The third-order valence-corrected chi connectivity index (χ3v) is 2.23. The van der Waals surface area contributed by atoms with Crippen molar-refractivity contribution >= 4 is 12.2 Å². The maximum atomic E-state index is 12.0. The average Bonchev–Trinajstić information content (AvgIpc) is 2.45. The average molecular weight is 239 g/mol. The molecular weight excluding hydrogens is 227 g/mol. The Labute approximate surface area is 90.3 Å². The number of alkyl halides is 3. The Morgan fingerprint density at radius 3 is 2.67 bits per heavy atom. The van der Waals surface area contributed by atoms with Gasteiger partial charge < -0.3 is 4.57 Å². The summed E-state index contributed by atoms with van der Waals surface area (Å²) in [4.78, 5) is 0. The van der Waals surface area contributed by atoms with Crippen LogP contribution in [0.15, 0.2) is 0 Å². The predicted molar refractivity (Wildman–Crippen MR) is 52.1 cm³/mol. The Hall–Kier alpha value is -0.850. The second-order valence-corrected chi connectivity index (χ2v) is 3.60. The van der Waals surface area contributed by atoms with Gasteiger partial charge in [0.05, 0.1) is 6.42 Å². The third-order valence-electron chi connectivity index (χ3n) is 1.92. The van der Waals surface area contributed by atoms with Gasteiger partial charge in [-0.15, -0.1) is 0 Å². The zero-order chi connectivity index (χ0) is 11.5. The number of aromatic amines is 1. The molecule has 0 amide bonds. The first-order valence-electron chi connectivity index (χ1n) is 4.65. The van der Waals surface area contributed by atoms with Crippen LogP contribution in [-0.4, -0.2) is 20.9 Å². The maximum absolute atomic E-state index is 12.0. The number of halogens is 3. The second-order valence-electron chi connectivity index (χ2n) is 3.21. The molecule has 0 bridgehead atoms. The molecule has 1 aromatic rings. The second kappa shape index (κ2) is 4.78. The van der Waals surface area contributed by atoms with Crippen molar-refractivity contribution in [2.75, 3.05) is 0 Å². The molecule has 0 unspecified atom stereocenters. The van der Waals surface area contributed by atoms with E-state index < -0.39 is 12.6 Å². The van der Waals surface area contributed by atoms with E-state index in [1.54, 1.807) is 4.57 Å². The van der Waals surface area contributed by atoms with Crippen LogP contribution in [-0.2, 0) is 13.0 Å². The van der Waals surface area contributed by atoms with Gasteiger partial charge in [0.1, 0.15) is 5.82 Å². The number of hydrogen-bond donors (Lipinski definition) is 1. The molecule has 3 nitrogen and oxygen atoms in total. The number of rotatable bonds is 4. The summed E-state index contributed by atoms with van der Waals surface area (Å²) < 4.78 is 38.0. The summed E-state index contributed by atoms with van der Waals surface area (Å²) in [5.41, 5.74) is 0. The first-order chi connectivity index (χ1) is 6.94. The van der Waals surface area contributed by atoms with E-state index in [4.69, 9.17) is 12.2 Å². The summed E-state index contributed by atoms with van der Waals surface area (Å²) >= 11 is 4.91. The first kappa shape index (κ1) is 12.2. The van der Waals surface area contributed by atoms with Crippen LogP contribution in [0.1, 0.15) is 25.6 Å². The zero-order valence-electron chi connectivity index (χ0n) is 8.26.